The summed E-state index contributed by atoms with van der Waals surface area (Å²) < 4.78 is 3.23. The van der Waals surface area contributed by atoms with Crippen molar-refractivity contribution in [3.05, 3.63) is 57.5 Å². The predicted octanol–water partition coefficient (Wildman–Crippen LogP) is 3.58. The van der Waals surface area contributed by atoms with Crippen LogP contribution in [0, 0.1) is 6.92 Å². The van der Waals surface area contributed by atoms with E-state index < -0.39 is 0 Å². The Bertz CT molecular complexity index is 1190. The molecule has 1 aliphatic rings. The highest BCUT2D eigenvalue weighted by molar-refractivity contribution is 7.13. The van der Waals surface area contributed by atoms with Crippen LogP contribution in [0.15, 0.2) is 40.5 Å². The molecule has 10 heteroatoms. The van der Waals surface area contributed by atoms with Crippen molar-refractivity contribution in [2.75, 3.05) is 10.6 Å². The molecular weight excluding hydrogens is 440 g/mol. The zero-order chi connectivity index (χ0) is 23.4. The summed E-state index contributed by atoms with van der Waals surface area (Å²) in [5.74, 6) is -0.343. The Morgan fingerprint density at radius 1 is 1.12 bits per heavy atom. The van der Waals surface area contributed by atoms with Gasteiger partial charge in [-0.2, -0.15) is 0 Å². The summed E-state index contributed by atoms with van der Waals surface area (Å²) >= 11 is 1.27. The van der Waals surface area contributed by atoms with Crippen LogP contribution in [-0.2, 0) is 18.3 Å². The largest absolute Gasteiger partial charge is 0.335 e. The van der Waals surface area contributed by atoms with Gasteiger partial charge in [0.2, 0.25) is 5.91 Å². The van der Waals surface area contributed by atoms with Crippen LogP contribution >= 0.6 is 11.3 Å². The highest BCUT2D eigenvalue weighted by atomic mass is 32.1. The highest BCUT2D eigenvalue weighted by Crippen LogP contribution is 2.19. The maximum absolute atomic E-state index is 12.9. The van der Waals surface area contributed by atoms with E-state index >= 15 is 0 Å². The first-order valence-corrected chi connectivity index (χ1v) is 12.0. The van der Waals surface area contributed by atoms with Crippen molar-refractivity contribution >= 4 is 34.1 Å². The van der Waals surface area contributed by atoms with Crippen LogP contribution in [0.1, 0.15) is 43.5 Å². The Balaban J connectivity index is 1.37. The molecule has 1 aromatic carbocycles. The second-order valence-corrected chi connectivity index (χ2v) is 9.10. The smallest absolute Gasteiger partial charge is 0.321 e. The van der Waals surface area contributed by atoms with Crippen LogP contribution < -0.4 is 21.5 Å². The van der Waals surface area contributed by atoms with E-state index in [0.717, 1.165) is 31.4 Å². The zero-order valence-electron chi connectivity index (χ0n) is 18.8. The number of nitrogens with zero attached hydrogens (tertiary/aromatic N) is 3. The number of hydrogen-bond donors (Lipinski definition) is 3. The van der Waals surface area contributed by atoms with Gasteiger partial charge in [0.1, 0.15) is 5.69 Å². The number of benzene rings is 1. The van der Waals surface area contributed by atoms with Gasteiger partial charge in [-0.15, -0.1) is 11.3 Å². The minimum Gasteiger partial charge on any atom is -0.335 e. The number of aromatic nitrogens is 3. The Morgan fingerprint density at radius 2 is 1.85 bits per heavy atom. The van der Waals surface area contributed by atoms with Crippen molar-refractivity contribution in [2.24, 2.45) is 7.05 Å². The van der Waals surface area contributed by atoms with E-state index in [2.05, 4.69) is 20.9 Å². The second-order valence-electron chi connectivity index (χ2n) is 8.24. The van der Waals surface area contributed by atoms with E-state index in [0.29, 0.717) is 16.5 Å². The van der Waals surface area contributed by atoms with Crippen molar-refractivity contribution in [3.8, 4) is 5.69 Å². The van der Waals surface area contributed by atoms with Crippen LogP contribution in [-0.4, -0.2) is 32.3 Å². The van der Waals surface area contributed by atoms with Gasteiger partial charge in [0.05, 0.1) is 23.5 Å². The number of urea groups is 1. The molecule has 0 radical (unpaired) electrons. The van der Waals surface area contributed by atoms with Crippen molar-refractivity contribution < 1.29 is 9.59 Å². The molecule has 1 saturated carbocycles. The summed E-state index contributed by atoms with van der Waals surface area (Å²) in [7, 11) is 1.77. The highest BCUT2D eigenvalue weighted by Gasteiger charge is 2.19. The third-order valence-corrected chi connectivity index (χ3v) is 6.68. The van der Waals surface area contributed by atoms with Gasteiger partial charge in [0.15, 0.2) is 5.13 Å². The molecule has 0 atom stereocenters. The summed E-state index contributed by atoms with van der Waals surface area (Å²) in [4.78, 5) is 42.1. The molecule has 0 saturated heterocycles. The number of para-hydroxylation sites is 1. The van der Waals surface area contributed by atoms with E-state index in [9.17, 15) is 14.4 Å². The number of carbonyl (C=O) groups is 2. The lowest BCUT2D eigenvalue weighted by Crippen LogP contribution is -2.39. The summed E-state index contributed by atoms with van der Waals surface area (Å²) in [6.07, 6.45) is 5.50. The quantitative estimate of drug-likeness (QED) is 0.514. The molecule has 0 aliphatic heterocycles. The van der Waals surface area contributed by atoms with Gasteiger partial charge in [-0.05, 0) is 31.9 Å². The van der Waals surface area contributed by atoms with E-state index in [1.165, 1.54) is 22.4 Å². The number of nitrogens with one attached hydrogen (secondary N) is 3. The van der Waals surface area contributed by atoms with Crippen molar-refractivity contribution in [1.29, 1.82) is 0 Å². The fourth-order valence-corrected chi connectivity index (χ4v) is 4.78. The normalized spacial score (nSPS) is 14.1. The van der Waals surface area contributed by atoms with Crippen LogP contribution in [0.3, 0.4) is 0 Å². The van der Waals surface area contributed by atoms with Gasteiger partial charge in [-0.25, -0.2) is 14.5 Å². The number of hydrogen-bond acceptors (Lipinski definition) is 5. The maximum atomic E-state index is 12.9. The molecule has 33 heavy (non-hydrogen) atoms. The molecule has 4 rings (SSSR count). The van der Waals surface area contributed by atoms with Crippen LogP contribution in [0.4, 0.5) is 15.6 Å². The minimum absolute atomic E-state index is 0.00152. The van der Waals surface area contributed by atoms with E-state index in [4.69, 9.17) is 0 Å². The zero-order valence-corrected chi connectivity index (χ0v) is 19.6. The predicted molar refractivity (Wildman–Crippen MR) is 129 cm³/mol. The van der Waals surface area contributed by atoms with E-state index in [1.54, 1.807) is 24.0 Å². The third-order valence-electron chi connectivity index (χ3n) is 5.87. The lowest BCUT2D eigenvalue weighted by atomic mass is 9.96. The first kappa shape index (κ1) is 22.8. The SMILES string of the molecule is Cc1c(NC(=O)Cc2csc(NC(=O)NC3CCCCC3)n2)c(=O)n(-c2ccccc2)n1C. The molecule has 2 aromatic heterocycles. The summed E-state index contributed by atoms with van der Waals surface area (Å²) in [5, 5.41) is 10.6. The standard InChI is InChI=1S/C23H28N6O3S/c1-15-20(21(31)29(28(15)2)18-11-7-4-8-12-18)26-19(30)13-17-14-33-23(25-17)27-22(32)24-16-9-5-3-6-10-16/h4,7-8,11-12,14,16H,3,5-6,9-10,13H2,1-2H3,(H,26,30)(H2,24,25,27,32). The molecule has 0 spiro atoms. The first-order chi connectivity index (χ1) is 15.9. The maximum Gasteiger partial charge on any atom is 0.321 e. The first-order valence-electron chi connectivity index (χ1n) is 11.1. The van der Waals surface area contributed by atoms with Gasteiger partial charge in [-0.3, -0.25) is 19.6 Å². The van der Waals surface area contributed by atoms with Gasteiger partial charge in [-0.1, -0.05) is 37.5 Å². The molecule has 9 nitrogen and oxygen atoms in total. The van der Waals surface area contributed by atoms with Crippen LogP contribution in [0.2, 0.25) is 0 Å². The van der Waals surface area contributed by atoms with E-state index in [-0.39, 0.29) is 35.6 Å². The second kappa shape index (κ2) is 10.0. The monoisotopic (exact) mass is 468 g/mol. The Kier molecular flexibility index (Phi) is 6.93. The number of thiazole rings is 1. The van der Waals surface area contributed by atoms with Crippen LogP contribution in [0.25, 0.3) is 5.69 Å². The molecule has 1 aliphatic carbocycles. The topological polar surface area (TPSA) is 110 Å². The lowest BCUT2D eigenvalue weighted by molar-refractivity contribution is -0.115. The fraction of sp³-hybridized carbons (Fsp3) is 0.391. The number of rotatable bonds is 6. The summed E-state index contributed by atoms with van der Waals surface area (Å²) in [6, 6.07) is 9.19. The van der Waals surface area contributed by atoms with Gasteiger partial charge >= 0.3 is 6.03 Å². The molecule has 2 heterocycles. The average Bonchev–Trinajstić information content (AvgIpc) is 3.32. The molecule has 174 valence electrons. The molecule has 0 bridgehead atoms. The molecule has 1 fully saturated rings. The van der Waals surface area contributed by atoms with E-state index in [1.807, 2.05) is 30.3 Å². The van der Waals surface area contributed by atoms with Gasteiger partial charge in [0, 0.05) is 18.5 Å². The van der Waals surface area contributed by atoms with Crippen molar-refractivity contribution in [1.82, 2.24) is 19.7 Å². The Hall–Kier alpha value is -3.40. The Morgan fingerprint density at radius 3 is 2.58 bits per heavy atom. The van der Waals surface area contributed by atoms with Crippen molar-refractivity contribution in [2.45, 2.75) is 51.5 Å². The van der Waals surface area contributed by atoms with Crippen LogP contribution in [0.5, 0.6) is 0 Å². The average molecular weight is 469 g/mol. The molecule has 0 unspecified atom stereocenters. The number of amides is 3. The van der Waals surface area contributed by atoms with Gasteiger partial charge < -0.3 is 10.6 Å². The third kappa shape index (κ3) is 5.33. The molecule has 3 aromatic rings. The molecule has 3 amide bonds. The lowest BCUT2D eigenvalue weighted by Gasteiger charge is -2.22. The fourth-order valence-electron chi connectivity index (χ4n) is 4.07. The molecule has 3 N–H and O–H groups in total. The number of anilines is 2. The van der Waals surface area contributed by atoms with Gasteiger partial charge in [0.25, 0.3) is 5.56 Å². The number of carbonyl (C=O) groups excluding carboxylic acids is 2. The minimum atomic E-state index is -0.343. The summed E-state index contributed by atoms with van der Waals surface area (Å²) in [5.41, 5.74) is 1.84. The van der Waals surface area contributed by atoms with Crippen molar-refractivity contribution in [3.63, 3.8) is 0 Å². The molecular formula is C23H28N6O3S. The summed E-state index contributed by atoms with van der Waals surface area (Å²) in [6.45, 7) is 1.78. The Labute approximate surface area is 195 Å².